The zero-order valence-electron chi connectivity index (χ0n) is 15.1. The summed E-state index contributed by atoms with van der Waals surface area (Å²) < 4.78 is 37.0. The van der Waals surface area contributed by atoms with Crippen molar-refractivity contribution >= 4 is 21.9 Å². The van der Waals surface area contributed by atoms with Gasteiger partial charge in [-0.2, -0.15) is 4.31 Å². The fourth-order valence-electron chi connectivity index (χ4n) is 2.81. The van der Waals surface area contributed by atoms with Gasteiger partial charge in [0.1, 0.15) is 5.56 Å². The molecular formula is C16H22N2O7S. The highest BCUT2D eigenvalue weighted by Gasteiger charge is 2.35. The minimum Gasteiger partial charge on any atom is -0.493 e. The molecule has 1 aromatic rings. The number of methoxy groups -OCH3 is 2. The third kappa shape index (κ3) is 3.61. The Bertz CT molecular complexity index is 820. The van der Waals surface area contributed by atoms with E-state index >= 15 is 0 Å². The summed E-state index contributed by atoms with van der Waals surface area (Å²) in [6, 6.07) is 2.19. The van der Waals surface area contributed by atoms with E-state index in [1.165, 1.54) is 20.3 Å². The van der Waals surface area contributed by atoms with Crippen molar-refractivity contribution in [3.63, 3.8) is 0 Å². The minimum atomic E-state index is -4.07. The Morgan fingerprint density at radius 1 is 1.19 bits per heavy atom. The number of piperazine rings is 1. The third-order valence-electron chi connectivity index (χ3n) is 4.17. The molecule has 1 saturated heterocycles. The second-order valence-electron chi connectivity index (χ2n) is 6.03. The molecule has 1 aromatic carbocycles. The number of carboxylic acids is 1. The summed E-state index contributed by atoms with van der Waals surface area (Å²) in [5.74, 6) is -1.73. The van der Waals surface area contributed by atoms with Crippen LogP contribution in [0.25, 0.3) is 0 Å². The number of rotatable bonds is 6. The molecule has 9 nitrogen and oxygen atoms in total. The number of hydrogen-bond donors (Lipinski definition) is 1. The van der Waals surface area contributed by atoms with Crippen LogP contribution < -0.4 is 9.47 Å². The van der Waals surface area contributed by atoms with E-state index in [0.717, 1.165) is 10.4 Å². The molecule has 1 aliphatic rings. The highest BCUT2D eigenvalue weighted by molar-refractivity contribution is 7.89. The normalized spacial score (nSPS) is 16.0. The van der Waals surface area contributed by atoms with E-state index in [2.05, 4.69) is 0 Å². The molecule has 26 heavy (non-hydrogen) atoms. The number of carboxylic acid groups (broad SMARTS) is 1. The Kier molecular flexibility index (Phi) is 5.77. The zero-order valence-corrected chi connectivity index (χ0v) is 15.9. The van der Waals surface area contributed by atoms with Crippen LogP contribution in [0.3, 0.4) is 0 Å². The third-order valence-corrected chi connectivity index (χ3v) is 5.99. The van der Waals surface area contributed by atoms with Gasteiger partial charge in [-0.15, -0.1) is 0 Å². The van der Waals surface area contributed by atoms with Crippen LogP contribution in [-0.4, -0.2) is 74.5 Å². The van der Waals surface area contributed by atoms with Crippen LogP contribution in [0, 0.1) is 0 Å². The van der Waals surface area contributed by atoms with E-state index in [0.29, 0.717) is 0 Å². The summed E-state index contributed by atoms with van der Waals surface area (Å²) in [5.41, 5.74) is -0.336. The molecule has 0 spiro atoms. The molecule has 1 heterocycles. The number of benzene rings is 1. The van der Waals surface area contributed by atoms with E-state index in [1.54, 1.807) is 4.90 Å². The number of carbonyl (C=O) groups is 2. The van der Waals surface area contributed by atoms with Gasteiger partial charge < -0.3 is 19.5 Å². The number of ether oxygens (including phenoxy) is 2. The largest absolute Gasteiger partial charge is 0.493 e. The van der Waals surface area contributed by atoms with Crippen LogP contribution in [0.4, 0.5) is 0 Å². The number of hydrogen-bond acceptors (Lipinski definition) is 6. The van der Waals surface area contributed by atoms with Crippen LogP contribution in [0.15, 0.2) is 17.0 Å². The van der Waals surface area contributed by atoms with Gasteiger partial charge in [0, 0.05) is 25.2 Å². The molecular weight excluding hydrogens is 364 g/mol. The molecule has 1 amide bonds. The standard InChI is InChI=1S/C16H22N2O7S/c1-10(2)18-6-5-17(9-14(18)19)26(22,23)11-7-12(16(20)21)15(25-4)13(8-11)24-3/h7-8,10H,5-6,9H2,1-4H3,(H,20,21). The summed E-state index contributed by atoms with van der Waals surface area (Å²) >= 11 is 0. The molecule has 0 unspecified atom stereocenters. The molecule has 1 N–H and O–H groups in total. The maximum Gasteiger partial charge on any atom is 0.339 e. The Morgan fingerprint density at radius 3 is 2.31 bits per heavy atom. The number of carbonyl (C=O) groups excluding carboxylic acids is 1. The first-order valence-electron chi connectivity index (χ1n) is 7.92. The number of aromatic carboxylic acids is 1. The van der Waals surface area contributed by atoms with Crippen molar-refractivity contribution in [1.29, 1.82) is 0 Å². The molecule has 1 fully saturated rings. The van der Waals surface area contributed by atoms with Gasteiger partial charge in [0.25, 0.3) is 0 Å². The smallest absolute Gasteiger partial charge is 0.339 e. The van der Waals surface area contributed by atoms with Crippen LogP contribution >= 0.6 is 0 Å². The highest BCUT2D eigenvalue weighted by atomic mass is 32.2. The van der Waals surface area contributed by atoms with Gasteiger partial charge in [-0.1, -0.05) is 0 Å². The maximum absolute atomic E-state index is 12.9. The quantitative estimate of drug-likeness (QED) is 0.763. The van der Waals surface area contributed by atoms with Crippen LogP contribution in [-0.2, 0) is 14.8 Å². The monoisotopic (exact) mass is 386 g/mol. The first-order valence-corrected chi connectivity index (χ1v) is 9.36. The SMILES string of the molecule is COc1cc(S(=O)(=O)N2CCN(C(C)C)C(=O)C2)cc(C(=O)O)c1OC. The Morgan fingerprint density at radius 2 is 1.85 bits per heavy atom. The van der Waals surface area contributed by atoms with E-state index in [9.17, 15) is 23.1 Å². The van der Waals surface area contributed by atoms with Crippen molar-refractivity contribution < 1.29 is 32.6 Å². The van der Waals surface area contributed by atoms with Crippen molar-refractivity contribution in [2.45, 2.75) is 24.8 Å². The molecule has 10 heteroatoms. The van der Waals surface area contributed by atoms with Crippen LogP contribution in [0.2, 0.25) is 0 Å². The second kappa shape index (κ2) is 7.50. The van der Waals surface area contributed by atoms with Gasteiger partial charge in [0.2, 0.25) is 15.9 Å². The van der Waals surface area contributed by atoms with Crippen LogP contribution in [0.1, 0.15) is 24.2 Å². The van der Waals surface area contributed by atoms with Crippen molar-refractivity contribution in [2.75, 3.05) is 33.9 Å². The molecule has 0 aromatic heterocycles. The summed E-state index contributed by atoms with van der Waals surface area (Å²) in [5, 5.41) is 9.35. The molecule has 144 valence electrons. The van der Waals surface area contributed by atoms with E-state index < -0.39 is 16.0 Å². The average molecular weight is 386 g/mol. The Balaban J connectivity index is 2.45. The average Bonchev–Trinajstić information content (AvgIpc) is 2.59. The van der Waals surface area contributed by atoms with Gasteiger partial charge in [0.05, 0.1) is 25.7 Å². The Hall–Kier alpha value is -2.33. The molecule has 0 aliphatic carbocycles. The van der Waals surface area contributed by atoms with Gasteiger partial charge in [-0.25, -0.2) is 13.2 Å². The lowest BCUT2D eigenvalue weighted by atomic mass is 10.2. The van der Waals surface area contributed by atoms with E-state index in [4.69, 9.17) is 9.47 Å². The maximum atomic E-state index is 12.9. The summed E-state index contributed by atoms with van der Waals surface area (Å²) in [7, 11) is -1.52. The predicted molar refractivity (Wildman–Crippen MR) is 92.1 cm³/mol. The fourth-order valence-corrected chi connectivity index (χ4v) is 4.24. The zero-order chi connectivity index (χ0) is 19.6. The lowest BCUT2D eigenvalue weighted by Gasteiger charge is -2.36. The summed E-state index contributed by atoms with van der Waals surface area (Å²) in [6.07, 6.45) is 0. The second-order valence-corrected chi connectivity index (χ2v) is 7.97. The summed E-state index contributed by atoms with van der Waals surface area (Å²) in [6.45, 7) is 3.82. The van der Waals surface area contributed by atoms with Crippen molar-refractivity contribution in [3.8, 4) is 11.5 Å². The Labute approximate surface area is 152 Å². The van der Waals surface area contributed by atoms with Crippen molar-refractivity contribution in [1.82, 2.24) is 9.21 Å². The molecule has 0 saturated carbocycles. The topological polar surface area (TPSA) is 113 Å². The number of sulfonamides is 1. The highest BCUT2D eigenvalue weighted by Crippen LogP contribution is 2.35. The molecule has 0 atom stereocenters. The summed E-state index contributed by atoms with van der Waals surface area (Å²) in [4.78, 5) is 25.0. The van der Waals surface area contributed by atoms with Gasteiger partial charge in [-0.05, 0) is 19.9 Å². The van der Waals surface area contributed by atoms with Crippen molar-refractivity contribution in [2.24, 2.45) is 0 Å². The van der Waals surface area contributed by atoms with Gasteiger partial charge >= 0.3 is 5.97 Å². The lowest BCUT2D eigenvalue weighted by Crippen LogP contribution is -2.54. The molecule has 2 rings (SSSR count). The molecule has 1 aliphatic heterocycles. The van der Waals surface area contributed by atoms with E-state index in [-0.39, 0.29) is 53.5 Å². The first kappa shape index (κ1) is 20.0. The fraction of sp³-hybridized carbons (Fsp3) is 0.500. The van der Waals surface area contributed by atoms with Crippen molar-refractivity contribution in [3.05, 3.63) is 17.7 Å². The molecule has 0 bridgehead atoms. The first-order chi connectivity index (χ1) is 12.1. The van der Waals surface area contributed by atoms with Gasteiger partial charge in [-0.3, -0.25) is 4.79 Å². The van der Waals surface area contributed by atoms with Gasteiger partial charge in [0.15, 0.2) is 11.5 Å². The van der Waals surface area contributed by atoms with E-state index in [1.807, 2.05) is 13.8 Å². The number of nitrogens with zero attached hydrogens (tertiary/aromatic N) is 2. The predicted octanol–water partition coefficient (Wildman–Crippen LogP) is 0.643. The minimum absolute atomic E-state index is 0.0156. The van der Waals surface area contributed by atoms with Crippen LogP contribution in [0.5, 0.6) is 11.5 Å². The molecule has 0 radical (unpaired) electrons. The lowest BCUT2D eigenvalue weighted by molar-refractivity contribution is -0.135. The number of amides is 1.